The van der Waals surface area contributed by atoms with Gasteiger partial charge in [0.05, 0.1) is 5.41 Å². The van der Waals surface area contributed by atoms with Gasteiger partial charge < -0.3 is 5.32 Å². The van der Waals surface area contributed by atoms with E-state index in [4.69, 9.17) is 0 Å². The largest absolute Gasteiger partial charge is 0.325 e. The average molecular weight is 348 g/mol. The van der Waals surface area contributed by atoms with Crippen LogP contribution in [0.4, 0.5) is 10.1 Å². The van der Waals surface area contributed by atoms with Crippen LogP contribution in [-0.4, -0.2) is 5.91 Å². The summed E-state index contributed by atoms with van der Waals surface area (Å²) in [7, 11) is 0. The summed E-state index contributed by atoms with van der Waals surface area (Å²) in [5.41, 5.74) is 0.934. The number of hydrogen-bond donors (Lipinski definition) is 1. The van der Waals surface area contributed by atoms with E-state index in [2.05, 4.69) is 21.2 Å². The molecule has 1 N–H and O–H groups in total. The van der Waals surface area contributed by atoms with Crippen LogP contribution in [0.15, 0.2) is 53.0 Å². The maximum Gasteiger partial charge on any atom is 0.235 e. The maximum atomic E-state index is 13.5. The predicted octanol–water partition coefficient (Wildman–Crippen LogP) is 4.65. The van der Waals surface area contributed by atoms with Crippen molar-refractivity contribution in [1.29, 1.82) is 0 Å². The van der Waals surface area contributed by atoms with Crippen molar-refractivity contribution in [3.63, 3.8) is 0 Å². The monoisotopic (exact) mass is 347 g/mol. The van der Waals surface area contributed by atoms with E-state index in [0.717, 1.165) is 35.0 Å². The van der Waals surface area contributed by atoms with Gasteiger partial charge >= 0.3 is 0 Å². The van der Waals surface area contributed by atoms with E-state index < -0.39 is 5.41 Å². The van der Waals surface area contributed by atoms with Gasteiger partial charge in [-0.05, 0) is 54.8 Å². The molecule has 108 valence electrons. The highest BCUT2D eigenvalue weighted by Gasteiger charge is 2.45. The van der Waals surface area contributed by atoms with Gasteiger partial charge in [-0.1, -0.05) is 34.5 Å². The predicted molar refractivity (Wildman–Crippen MR) is 84.7 cm³/mol. The van der Waals surface area contributed by atoms with E-state index >= 15 is 0 Å². The third-order valence-corrected chi connectivity index (χ3v) is 4.65. The van der Waals surface area contributed by atoms with Crippen LogP contribution in [0.2, 0.25) is 0 Å². The van der Waals surface area contributed by atoms with Crippen molar-refractivity contribution in [2.45, 2.75) is 24.7 Å². The Morgan fingerprint density at radius 2 is 1.86 bits per heavy atom. The molecule has 0 aliphatic heterocycles. The van der Waals surface area contributed by atoms with Crippen molar-refractivity contribution in [2.24, 2.45) is 0 Å². The second-order valence-corrected chi connectivity index (χ2v) is 6.32. The average Bonchev–Trinajstić information content (AvgIpc) is 2.40. The molecule has 2 aromatic carbocycles. The molecule has 1 amide bonds. The Morgan fingerprint density at radius 3 is 2.43 bits per heavy atom. The Morgan fingerprint density at radius 1 is 1.14 bits per heavy atom. The minimum absolute atomic E-state index is 0.0540. The summed E-state index contributed by atoms with van der Waals surface area (Å²) in [6, 6.07) is 13.8. The summed E-state index contributed by atoms with van der Waals surface area (Å²) in [4.78, 5) is 12.7. The molecule has 3 rings (SSSR count). The first-order valence-electron chi connectivity index (χ1n) is 6.93. The molecular weight excluding hydrogens is 333 g/mol. The van der Waals surface area contributed by atoms with Gasteiger partial charge in [-0.25, -0.2) is 4.39 Å². The van der Waals surface area contributed by atoms with E-state index in [0.29, 0.717) is 0 Å². The summed E-state index contributed by atoms with van der Waals surface area (Å²) in [6.07, 6.45) is 2.52. The van der Waals surface area contributed by atoms with Crippen LogP contribution in [0, 0.1) is 5.82 Å². The molecule has 1 aliphatic rings. The van der Waals surface area contributed by atoms with Crippen molar-refractivity contribution >= 4 is 27.5 Å². The molecule has 1 aliphatic carbocycles. The number of carbonyl (C=O) groups excluding carboxylic acids is 1. The van der Waals surface area contributed by atoms with Crippen LogP contribution >= 0.6 is 15.9 Å². The molecule has 1 saturated carbocycles. The number of hydrogen-bond acceptors (Lipinski definition) is 1. The Labute approximate surface area is 131 Å². The van der Waals surface area contributed by atoms with Crippen LogP contribution in [-0.2, 0) is 10.2 Å². The zero-order chi connectivity index (χ0) is 14.9. The molecule has 2 nitrogen and oxygen atoms in total. The van der Waals surface area contributed by atoms with Crippen molar-refractivity contribution in [3.8, 4) is 0 Å². The van der Waals surface area contributed by atoms with Crippen LogP contribution in [0.25, 0.3) is 0 Å². The fourth-order valence-corrected chi connectivity index (χ4v) is 3.01. The van der Waals surface area contributed by atoms with Crippen LogP contribution < -0.4 is 5.32 Å². The summed E-state index contributed by atoms with van der Waals surface area (Å²) >= 11 is 3.37. The van der Waals surface area contributed by atoms with Crippen LogP contribution in [0.1, 0.15) is 24.8 Å². The van der Waals surface area contributed by atoms with Crippen molar-refractivity contribution in [1.82, 2.24) is 0 Å². The summed E-state index contributed by atoms with van der Waals surface area (Å²) in [5, 5.41) is 2.95. The van der Waals surface area contributed by atoms with E-state index in [1.54, 1.807) is 6.07 Å². The molecular formula is C17H15BrFNO. The highest BCUT2D eigenvalue weighted by atomic mass is 79.9. The van der Waals surface area contributed by atoms with Gasteiger partial charge in [-0.2, -0.15) is 0 Å². The van der Waals surface area contributed by atoms with E-state index in [-0.39, 0.29) is 11.7 Å². The molecule has 4 heteroatoms. The fraction of sp³-hybridized carbons (Fsp3) is 0.235. The van der Waals surface area contributed by atoms with Crippen molar-refractivity contribution in [3.05, 3.63) is 64.4 Å². The molecule has 0 aromatic heterocycles. The van der Waals surface area contributed by atoms with Gasteiger partial charge in [-0.15, -0.1) is 0 Å². The molecule has 0 saturated heterocycles. The van der Waals surface area contributed by atoms with Crippen molar-refractivity contribution in [2.75, 3.05) is 5.32 Å². The van der Waals surface area contributed by atoms with Gasteiger partial charge in [0, 0.05) is 10.2 Å². The van der Waals surface area contributed by atoms with E-state index in [1.807, 2.05) is 30.3 Å². The van der Waals surface area contributed by atoms with E-state index in [1.165, 1.54) is 12.1 Å². The molecule has 1 fully saturated rings. The molecule has 0 bridgehead atoms. The molecule has 0 radical (unpaired) electrons. The zero-order valence-corrected chi connectivity index (χ0v) is 13.0. The van der Waals surface area contributed by atoms with Crippen LogP contribution in [0.5, 0.6) is 0 Å². The second-order valence-electron chi connectivity index (χ2n) is 5.41. The highest BCUT2D eigenvalue weighted by Crippen LogP contribution is 2.44. The molecule has 0 spiro atoms. The third kappa shape index (κ3) is 2.72. The second kappa shape index (κ2) is 5.60. The lowest BCUT2D eigenvalue weighted by Crippen LogP contribution is -2.46. The Bertz CT molecular complexity index is 665. The van der Waals surface area contributed by atoms with Gasteiger partial charge in [0.25, 0.3) is 0 Å². The van der Waals surface area contributed by atoms with Gasteiger partial charge in [0.1, 0.15) is 5.82 Å². The Hall–Kier alpha value is -1.68. The Kier molecular flexibility index (Phi) is 3.81. The molecule has 0 atom stereocenters. The minimum Gasteiger partial charge on any atom is -0.325 e. The number of nitrogens with one attached hydrogen (secondary N) is 1. The number of halogens is 2. The van der Waals surface area contributed by atoms with Gasteiger partial charge in [-0.3, -0.25) is 4.79 Å². The fourth-order valence-electron chi connectivity index (χ4n) is 2.75. The minimum atomic E-state index is -0.588. The number of anilines is 1. The molecule has 0 unspecified atom stereocenters. The highest BCUT2D eigenvalue weighted by molar-refractivity contribution is 9.10. The lowest BCUT2D eigenvalue weighted by Gasteiger charge is -2.40. The number of carbonyl (C=O) groups is 1. The smallest absolute Gasteiger partial charge is 0.235 e. The SMILES string of the molecule is O=C(Nc1ccc(Br)cc1)C1(c2cccc(F)c2)CCC1. The summed E-state index contributed by atoms with van der Waals surface area (Å²) in [6.45, 7) is 0. The van der Waals surface area contributed by atoms with Gasteiger partial charge in [0.15, 0.2) is 0 Å². The summed E-state index contributed by atoms with van der Waals surface area (Å²) < 4.78 is 14.4. The first-order valence-corrected chi connectivity index (χ1v) is 7.72. The third-order valence-electron chi connectivity index (χ3n) is 4.12. The number of amides is 1. The standard InChI is InChI=1S/C17H15BrFNO/c18-13-5-7-15(8-6-13)20-16(21)17(9-2-10-17)12-3-1-4-14(19)11-12/h1,3-8,11H,2,9-10H2,(H,20,21). The first kappa shape index (κ1) is 14.3. The maximum absolute atomic E-state index is 13.5. The molecule has 2 aromatic rings. The topological polar surface area (TPSA) is 29.1 Å². The normalized spacial score (nSPS) is 16.1. The van der Waals surface area contributed by atoms with Gasteiger partial charge in [0.2, 0.25) is 5.91 Å². The van der Waals surface area contributed by atoms with Crippen molar-refractivity contribution < 1.29 is 9.18 Å². The molecule has 21 heavy (non-hydrogen) atoms. The lowest BCUT2D eigenvalue weighted by atomic mass is 9.63. The van der Waals surface area contributed by atoms with E-state index in [9.17, 15) is 9.18 Å². The first-order chi connectivity index (χ1) is 10.1. The number of rotatable bonds is 3. The zero-order valence-electron chi connectivity index (χ0n) is 11.4. The van der Waals surface area contributed by atoms with Crippen LogP contribution in [0.3, 0.4) is 0 Å². The Balaban J connectivity index is 1.85. The summed E-state index contributed by atoms with van der Waals surface area (Å²) in [5.74, 6) is -0.350. The quantitative estimate of drug-likeness (QED) is 0.860. The molecule has 0 heterocycles. The number of benzene rings is 2. The lowest BCUT2D eigenvalue weighted by molar-refractivity contribution is -0.124.